The summed E-state index contributed by atoms with van der Waals surface area (Å²) in [6.45, 7) is 0.438. The van der Waals surface area contributed by atoms with Gasteiger partial charge in [0.2, 0.25) is 15.9 Å². The highest BCUT2D eigenvalue weighted by Crippen LogP contribution is 2.18. The van der Waals surface area contributed by atoms with Gasteiger partial charge in [-0.25, -0.2) is 8.42 Å². The summed E-state index contributed by atoms with van der Waals surface area (Å²) in [5.74, 6) is -0.316. The highest BCUT2D eigenvalue weighted by Gasteiger charge is 2.20. The molecule has 1 heterocycles. The van der Waals surface area contributed by atoms with Crippen LogP contribution >= 0.6 is 0 Å². The number of carbonyl (C=O) groups is 1. The second kappa shape index (κ2) is 8.37. The predicted molar refractivity (Wildman–Crippen MR) is 107 cm³/mol. The van der Waals surface area contributed by atoms with Gasteiger partial charge in [0.15, 0.2) is 0 Å². The summed E-state index contributed by atoms with van der Waals surface area (Å²) < 4.78 is 25.4. The second-order valence-corrected chi connectivity index (χ2v) is 8.45. The number of rotatable bonds is 8. The van der Waals surface area contributed by atoms with E-state index in [-0.39, 0.29) is 19.0 Å². The number of benzene rings is 2. The van der Waals surface area contributed by atoms with Gasteiger partial charge in [-0.1, -0.05) is 48.5 Å². The van der Waals surface area contributed by atoms with Gasteiger partial charge < -0.3 is 10.3 Å². The van der Waals surface area contributed by atoms with Gasteiger partial charge >= 0.3 is 0 Å². The number of hydrogen-bond donors (Lipinski definition) is 2. The summed E-state index contributed by atoms with van der Waals surface area (Å²) in [7, 11) is -3.49. The number of para-hydroxylation sites is 1. The maximum Gasteiger partial charge on any atom is 0.235 e. The number of aromatic nitrogens is 1. The maximum absolute atomic E-state index is 12.2. The van der Waals surface area contributed by atoms with Crippen molar-refractivity contribution in [1.29, 1.82) is 0 Å². The van der Waals surface area contributed by atoms with Crippen molar-refractivity contribution in [3.05, 3.63) is 71.9 Å². The molecule has 0 bridgehead atoms. The Balaban J connectivity index is 1.61. The van der Waals surface area contributed by atoms with Crippen LogP contribution in [0.4, 0.5) is 0 Å². The number of nitrogens with one attached hydrogen (secondary N) is 2. The summed E-state index contributed by atoms with van der Waals surface area (Å²) in [6, 6.07) is 17.4. The molecule has 2 aromatic carbocycles. The van der Waals surface area contributed by atoms with Gasteiger partial charge in [-0.2, -0.15) is 4.31 Å². The average molecular weight is 385 g/mol. The molecule has 1 amide bonds. The van der Waals surface area contributed by atoms with Crippen LogP contribution in [0.1, 0.15) is 11.1 Å². The number of aromatic amines is 1. The van der Waals surface area contributed by atoms with Crippen molar-refractivity contribution < 1.29 is 13.2 Å². The number of carbonyl (C=O) groups excluding carboxylic acids is 1. The van der Waals surface area contributed by atoms with Crippen LogP contribution in [0.3, 0.4) is 0 Å². The molecule has 6 nitrogen and oxygen atoms in total. The smallest absolute Gasteiger partial charge is 0.235 e. The number of amides is 1. The molecule has 1 aromatic heterocycles. The molecule has 0 saturated heterocycles. The third-order valence-corrected chi connectivity index (χ3v) is 5.68. The zero-order chi connectivity index (χ0) is 19.3. The lowest BCUT2D eigenvalue weighted by molar-refractivity contribution is -0.121. The average Bonchev–Trinajstić information content (AvgIpc) is 3.06. The lowest BCUT2D eigenvalue weighted by atomic mass is 10.1. The summed E-state index contributed by atoms with van der Waals surface area (Å²) >= 11 is 0. The van der Waals surface area contributed by atoms with E-state index in [1.165, 1.54) is 4.31 Å². The van der Waals surface area contributed by atoms with E-state index >= 15 is 0 Å². The summed E-state index contributed by atoms with van der Waals surface area (Å²) in [5, 5.41) is 3.84. The van der Waals surface area contributed by atoms with Gasteiger partial charge in [0.1, 0.15) is 0 Å². The zero-order valence-electron chi connectivity index (χ0n) is 15.2. The lowest BCUT2D eigenvalue weighted by Crippen LogP contribution is -2.41. The molecule has 0 atom stereocenters. The van der Waals surface area contributed by atoms with Crippen molar-refractivity contribution in [3.8, 4) is 0 Å². The maximum atomic E-state index is 12.2. The molecule has 0 aliphatic carbocycles. The summed E-state index contributed by atoms with van der Waals surface area (Å²) in [4.78, 5) is 15.4. The fraction of sp³-hybridized carbons (Fsp3) is 0.250. The fourth-order valence-corrected chi connectivity index (χ4v) is 3.73. The third kappa shape index (κ3) is 5.18. The molecule has 2 N–H and O–H groups in total. The van der Waals surface area contributed by atoms with Crippen molar-refractivity contribution in [2.45, 2.75) is 13.0 Å². The molecule has 0 unspecified atom stereocenters. The molecular formula is C20H23N3O3S. The van der Waals surface area contributed by atoms with E-state index in [1.807, 2.05) is 60.8 Å². The normalized spacial score (nSPS) is 11.8. The zero-order valence-corrected chi connectivity index (χ0v) is 16.0. The van der Waals surface area contributed by atoms with Gasteiger partial charge in [0.05, 0.1) is 12.8 Å². The van der Waals surface area contributed by atoms with Crippen LogP contribution in [0.5, 0.6) is 0 Å². The first-order valence-electron chi connectivity index (χ1n) is 8.74. The van der Waals surface area contributed by atoms with E-state index in [9.17, 15) is 13.2 Å². The van der Waals surface area contributed by atoms with E-state index in [1.54, 1.807) is 0 Å². The molecule has 3 aromatic rings. The van der Waals surface area contributed by atoms with Crippen LogP contribution in [0.25, 0.3) is 10.9 Å². The number of sulfonamides is 1. The Morgan fingerprint density at radius 3 is 2.52 bits per heavy atom. The van der Waals surface area contributed by atoms with Gasteiger partial charge in [-0.15, -0.1) is 0 Å². The van der Waals surface area contributed by atoms with Gasteiger partial charge in [-0.3, -0.25) is 4.79 Å². The highest BCUT2D eigenvalue weighted by atomic mass is 32.2. The van der Waals surface area contributed by atoms with E-state index in [0.29, 0.717) is 13.0 Å². The molecule has 0 radical (unpaired) electrons. The number of hydrogen-bond acceptors (Lipinski definition) is 3. The van der Waals surface area contributed by atoms with Crippen molar-refractivity contribution >= 4 is 26.8 Å². The number of H-pyrrole nitrogens is 1. The monoisotopic (exact) mass is 385 g/mol. The van der Waals surface area contributed by atoms with Crippen LogP contribution in [0.2, 0.25) is 0 Å². The Labute approximate surface area is 159 Å². The van der Waals surface area contributed by atoms with Crippen LogP contribution in [0.15, 0.2) is 60.8 Å². The Morgan fingerprint density at radius 2 is 1.78 bits per heavy atom. The van der Waals surface area contributed by atoms with Crippen LogP contribution in [-0.2, 0) is 27.8 Å². The number of fused-ring (bicyclic) bond motifs is 1. The van der Waals surface area contributed by atoms with Gasteiger partial charge in [0, 0.05) is 30.2 Å². The first-order chi connectivity index (χ1) is 12.9. The van der Waals surface area contributed by atoms with Crippen molar-refractivity contribution in [1.82, 2.24) is 14.6 Å². The minimum absolute atomic E-state index is 0.186. The minimum atomic E-state index is -3.49. The van der Waals surface area contributed by atoms with Crippen molar-refractivity contribution in [2.75, 3.05) is 19.3 Å². The Morgan fingerprint density at radius 1 is 1.07 bits per heavy atom. The van der Waals surface area contributed by atoms with Crippen LogP contribution < -0.4 is 5.32 Å². The van der Waals surface area contributed by atoms with Crippen molar-refractivity contribution in [2.24, 2.45) is 0 Å². The molecule has 142 valence electrons. The van der Waals surface area contributed by atoms with Crippen LogP contribution in [-0.4, -0.2) is 43.0 Å². The van der Waals surface area contributed by atoms with Crippen LogP contribution in [0, 0.1) is 0 Å². The van der Waals surface area contributed by atoms with Crippen molar-refractivity contribution in [3.63, 3.8) is 0 Å². The summed E-state index contributed by atoms with van der Waals surface area (Å²) in [5.41, 5.74) is 3.01. The molecule has 7 heteroatoms. The van der Waals surface area contributed by atoms with E-state index in [2.05, 4.69) is 10.3 Å². The predicted octanol–water partition coefficient (Wildman–Crippen LogP) is 2.29. The molecule has 27 heavy (non-hydrogen) atoms. The molecule has 0 fully saturated rings. The second-order valence-electron chi connectivity index (χ2n) is 6.47. The van der Waals surface area contributed by atoms with E-state index in [4.69, 9.17) is 0 Å². The van der Waals surface area contributed by atoms with Gasteiger partial charge in [-0.05, 0) is 23.6 Å². The third-order valence-electron chi connectivity index (χ3n) is 4.43. The van der Waals surface area contributed by atoms with E-state index < -0.39 is 10.0 Å². The topological polar surface area (TPSA) is 82.3 Å². The molecule has 3 rings (SSSR count). The minimum Gasteiger partial charge on any atom is -0.361 e. The van der Waals surface area contributed by atoms with Gasteiger partial charge in [0.25, 0.3) is 0 Å². The fourth-order valence-electron chi connectivity index (χ4n) is 2.96. The number of nitrogens with zero attached hydrogens (tertiary/aromatic N) is 1. The van der Waals surface area contributed by atoms with E-state index in [0.717, 1.165) is 28.3 Å². The quantitative estimate of drug-likeness (QED) is 0.624. The standard InChI is InChI=1S/C20H23N3O3S/c1-27(25,26)23(15-20(24)22-13-16-7-3-2-4-8-16)12-11-17-14-21-19-10-6-5-9-18(17)19/h2-10,14,21H,11-13,15H2,1H3,(H,22,24). The SMILES string of the molecule is CS(=O)(=O)N(CCc1c[nH]c2ccccc12)CC(=O)NCc1ccccc1. The summed E-state index contributed by atoms with van der Waals surface area (Å²) in [6.07, 6.45) is 3.55. The molecule has 0 aliphatic heterocycles. The first-order valence-corrected chi connectivity index (χ1v) is 10.6. The highest BCUT2D eigenvalue weighted by molar-refractivity contribution is 7.88. The largest absolute Gasteiger partial charge is 0.361 e. The molecule has 0 aliphatic rings. The lowest BCUT2D eigenvalue weighted by Gasteiger charge is -2.19. The Kier molecular flexibility index (Phi) is 5.93. The molecule has 0 spiro atoms. The molecular weight excluding hydrogens is 362 g/mol. The molecule has 0 saturated carbocycles. The first kappa shape index (κ1) is 19.1. The Hall–Kier alpha value is -2.64. The Bertz CT molecular complexity index is 1010.